The maximum Gasteiger partial charge on any atom is 0.416 e. The van der Waals surface area contributed by atoms with Gasteiger partial charge in [-0.1, -0.05) is 18.2 Å². The van der Waals surface area contributed by atoms with Crippen LogP contribution in [0.5, 0.6) is 0 Å². The fourth-order valence-electron chi connectivity index (χ4n) is 2.95. The summed E-state index contributed by atoms with van der Waals surface area (Å²) in [5.41, 5.74) is -0.812. The van der Waals surface area contributed by atoms with E-state index < -0.39 is 23.7 Å². The zero-order valence-corrected chi connectivity index (χ0v) is 13.0. The monoisotopic (exact) mass is 338 g/mol. The minimum atomic E-state index is -4.51. The van der Waals surface area contributed by atoms with E-state index in [0.717, 1.165) is 6.07 Å². The molecule has 5 nitrogen and oxygen atoms in total. The number of rotatable bonds is 3. The van der Waals surface area contributed by atoms with Crippen LogP contribution in [-0.4, -0.2) is 33.4 Å². The summed E-state index contributed by atoms with van der Waals surface area (Å²) < 4.78 is 41.8. The molecule has 0 saturated carbocycles. The minimum absolute atomic E-state index is 0.0311. The van der Waals surface area contributed by atoms with Crippen molar-refractivity contribution in [1.82, 2.24) is 19.8 Å². The van der Waals surface area contributed by atoms with Crippen molar-refractivity contribution in [3.63, 3.8) is 0 Å². The highest BCUT2D eigenvalue weighted by Crippen LogP contribution is 2.37. The molecular weight excluding hydrogens is 321 g/mol. The molecular formula is C16H17F3N4O. The number of benzene rings is 1. The Bertz CT molecular complexity index is 741. The summed E-state index contributed by atoms with van der Waals surface area (Å²) in [4.78, 5) is 18.3. The van der Waals surface area contributed by atoms with E-state index in [4.69, 9.17) is 0 Å². The molecule has 0 aliphatic carbocycles. The summed E-state index contributed by atoms with van der Waals surface area (Å²) in [5, 5.41) is 2.66. The van der Waals surface area contributed by atoms with Crippen LogP contribution < -0.4 is 5.32 Å². The molecule has 0 spiro atoms. The van der Waals surface area contributed by atoms with E-state index >= 15 is 0 Å². The number of aryl methyl sites for hydroxylation is 1. The normalized spacial score (nSPS) is 19.3. The third kappa shape index (κ3) is 3.14. The molecule has 1 aliphatic heterocycles. The number of aromatic nitrogens is 2. The Morgan fingerprint density at radius 3 is 2.75 bits per heavy atom. The van der Waals surface area contributed by atoms with Gasteiger partial charge in [-0.2, -0.15) is 13.2 Å². The van der Waals surface area contributed by atoms with Gasteiger partial charge >= 0.3 is 6.18 Å². The van der Waals surface area contributed by atoms with Crippen LogP contribution in [0.4, 0.5) is 13.2 Å². The molecule has 1 saturated heterocycles. The Kier molecular flexibility index (Phi) is 4.31. The van der Waals surface area contributed by atoms with Gasteiger partial charge in [0.2, 0.25) is 5.91 Å². The molecule has 3 rings (SSSR count). The van der Waals surface area contributed by atoms with Gasteiger partial charge in [-0.3, -0.25) is 9.69 Å². The molecule has 1 aromatic heterocycles. The predicted molar refractivity (Wildman–Crippen MR) is 80.8 cm³/mol. The summed E-state index contributed by atoms with van der Waals surface area (Å²) in [7, 11) is 1.81. The summed E-state index contributed by atoms with van der Waals surface area (Å²) in [6, 6.07) is 4.23. The Morgan fingerprint density at radius 2 is 2.08 bits per heavy atom. The maximum atomic E-state index is 13.3. The number of carbonyl (C=O) groups is 1. The van der Waals surface area contributed by atoms with E-state index in [1.54, 1.807) is 21.9 Å². The lowest BCUT2D eigenvalue weighted by atomic mass is 9.96. The Hall–Kier alpha value is -2.35. The van der Waals surface area contributed by atoms with Gasteiger partial charge in [-0.25, -0.2) is 4.98 Å². The standard InChI is InChI=1S/C16H17F3N4O/c1-22-8-6-20-13(22)10-23-9-7-21-15(24)14(23)11-4-2-3-5-12(11)16(17,18)19/h2-6,8,14H,7,9-10H2,1H3,(H,21,24)/t14-/m0/s1. The Morgan fingerprint density at radius 1 is 1.33 bits per heavy atom. The third-order valence-corrected chi connectivity index (χ3v) is 4.14. The lowest BCUT2D eigenvalue weighted by Gasteiger charge is -2.36. The summed E-state index contributed by atoms with van der Waals surface area (Å²) in [5.74, 6) is 0.270. The van der Waals surface area contributed by atoms with Gasteiger partial charge in [0.1, 0.15) is 11.9 Å². The number of piperazine rings is 1. The molecule has 1 fully saturated rings. The molecule has 1 amide bonds. The van der Waals surface area contributed by atoms with Crippen LogP contribution in [0.3, 0.4) is 0 Å². The highest BCUT2D eigenvalue weighted by Gasteiger charge is 2.40. The topological polar surface area (TPSA) is 50.2 Å². The molecule has 1 N–H and O–H groups in total. The van der Waals surface area contributed by atoms with Gasteiger partial charge in [0.05, 0.1) is 12.1 Å². The average Bonchev–Trinajstić information content (AvgIpc) is 2.92. The summed E-state index contributed by atoms with van der Waals surface area (Å²) in [6.07, 6.45) is -1.13. The first-order valence-electron chi connectivity index (χ1n) is 7.52. The van der Waals surface area contributed by atoms with Gasteiger partial charge in [0.15, 0.2) is 0 Å². The van der Waals surface area contributed by atoms with Gasteiger partial charge in [-0.05, 0) is 11.6 Å². The lowest BCUT2D eigenvalue weighted by Crippen LogP contribution is -2.50. The molecule has 2 aromatic rings. The zero-order valence-electron chi connectivity index (χ0n) is 13.0. The number of nitrogens with zero attached hydrogens (tertiary/aromatic N) is 3. The summed E-state index contributed by atoms with van der Waals surface area (Å²) >= 11 is 0. The first kappa shape index (κ1) is 16.5. The van der Waals surface area contributed by atoms with E-state index in [9.17, 15) is 18.0 Å². The fraction of sp³-hybridized carbons (Fsp3) is 0.375. The van der Waals surface area contributed by atoms with Crippen molar-refractivity contribution >= 4 is 5.91 Å². The highest BCUT2D eigenvalue weighted by molar-refractivity contribution is 5.84. The van der Waals surface area contributed by atoms with Crippen LogP contribution in [0, 0.1) is 0 Å². The molecule has 2 heterocycles. The molecule has 0 radical (unpaired) electrons. The second kappa shape index (κ2) is 6.27. The van der Waals surface area contributed by atoms with E-state index in [2.05, 4.69) is 10.3 Å². The van der Waals surface area contributed by atoms with Crippen LogP contribution in [0.25, 0.3) is 0 Å². The number of amides is 1. The highest BCUT2D eigenvalue weighted by atomic mass is 19.4. The smallest absolute Gasteiger partial charge is 0.353 e. The lowest BCUT2D eigenvalue weighted by molar-refractivity contribution is -0.140. The van der Waals surface area contributed by atoms with Crippen LogP contribution >= 0.6 is 0 Å². The number of halogens is 3. The largest absolute Gasteiger partial charge is 0.416 e. The van der Waals surface area contributed by atoms with Crippen LogP contribution in [-0.2, 0) is 24.6 Å². The first-order chi connectivity index (χ1) is 11.4. The van der Waals surface area contributed by atoms with Crippen LogP contribution in [0.15, 0.2) is 36.7 Å². The van der Waals surface area contributed by atoms with Crippen LogP contribution in [0.1, 0.15) is 23.0 Å². The Labute approximate surface area is 137 Å². The van der Waals surface area contributed by atoms with Crippen molar-refractivity contribution < 1.29 is 18.0 Å². The minimum Gasteiger partial charge on any atom is -0.353 e. The van der Waals surface area contributed by atoms with Crippen molar-refractivity contribution in [1.29, 1.82) is 0 Å². The quantitative estimate of drug-likeness (QED) is 0.933. The fourth-order valence-corrected chi connectivity index (χ4v) is 2.95. The van der Waals surface area contributed by atoms with Gasteiger partial charge < -0.3 is 9.88 Å². The number of imidazole rings is 1. The molecule has 0 unspecified atom stereocenters. The van der Waals surface area contributed by atoms with E-state index in [-0.39, 0.29) is 5.56 Å². The van der Waals surface area contributed by atoms with Crippen LogP contribution in [0.2, 0.25) is 0 Å². The van der Waals surface area contributed by atoms with E-state index in [1.807, 2.05) is 7.05 Å². The van der Waals surface area contributed by atoms with Crippen molar-refractivity contribution in [3.8, 4) is 0 Å². The molecule has 24 heavy (non-hydrogen) atoms. The number of hydrogen-bond acceptors (Lipinski definition) is 3. The van der Waals surface area contributed by atoms with Crippen molar-refractivity contribution in [2.75, 3.05) is 13.1 Å². The predicted octanol–water partition coefficient (Wildman–Crippen LogP) is 2.11. The van der Waals surface area contributed by atoms with Gasteiger partial charge in [0.25, 0.3) is 0 Å². The van der Waals surface area contributed by atoms with Gasteiger partial charge in [-0.15, -0.1) is 0 Å². The third-order valence-electron chi connectivity index (χ3n) is 4.14. The number of alkyl halides is 3. The molecule has 8 heteroatoms. The molecule has 1 aromatic carbocycles. The average molecular weight is 338 g/mol. The van der Waals surface area contributed by atoms with E-state index in [1.165, 1.54) is 18.2 Å². The number of carbonyl (C=O) groups excluding carboxylic acids is 1. The first-order valence-corrected chi connectivity index (χ1v) is 7.52. The van der Waals surface area contributed by atoms with Crippen molar-refractivity contribution in [3.05, 3.63) is 53.6 Å². The van der Waals surface area contributed by atoms with E-state index in [0.29, 0.717) is 25.5 Å². The van der Waals surface area contributed by atoms with Crippen molar-refractivity contribution in [2.45, 2.75) is 18.8 Å². The molecule has 0 bridgehead atoms. The second-order valence-corrected chi connectivity index (χ2v) is 5.70. The van der Waals surface area contributed by atoms with Gasteiger partial charge in [0, 0.05) is 32.5 Å². The number of hydrogen-bond donors (Lipinski definition) is 1. The molecule has 128 valence electrons. The number of nitrogens with one attached hydrogen (secondary N) is 1. The SMILES string of the molecule is Cn1ccnc1CN1CCNC(=O)[C@@H]1c1ccccc1C(F)(F)F. The maximum absolute atomic E-state index is 13.3. The second-order valence-electron chi connectivity index (χ2n) is 5.70. The Balaban J connectivity index is 1.99. The molecule has 1 aliphatic rings. The molecule has 1 atom stereocenters. The zero-order chi connectivity index (χ0) is 17.3. The summed E-state index contributed by atoms with van der Waals surface area (Å²) in [6.45, 7) is 1.15. The van der Waals surface area contributed by atoms with Crippen molar-refractivity contribution in [2.24, 2.45) is 7.05 Å².